The summed E-state index contributed by atoms with van der Waals surface area (Å²) in [7, 11) is 0. The van der Waals surface area contributed by atoms with Crippen LogP contribution in [0.15, 0.2) is 12.1 Å². The Morgan fingerprint density at radius 3 is 2.90 bits per heavy atom. The minimum atomic E-state index is 0.0652. The molecule has 2 aromatic heterocycles. The quantitative estimate of drug-likeness (QED) is 0.910. The van der Waals surface area contributed by atoms with Crippen LogP contribution in [0.2, 0.25) is 0 Å². The number of hydrogen-bond acceptors (Lipinski definition) is 5. The molecular weight excluding hydrogens is 302 g/mol. The van der Waals surface area contributed by atoms with Gasteiger partial charge in [0.15, 0.2) is 5.13 Å². The Labute approximate surface area is 132 Å². The number of anilines is 1. The Kier molecular flexibility index (Phi) is 4.37. The monoisotopic (exact) mass is 321 g/mol. The minimum Gasteiger partial charge on any atom is -0.316 e. The Bertz CT molecular complexity index is 641. The van der Waals surface area contributed by atoms with Crippen molar-refractivity contribution in [2.45, 2.75) is 26.7 Å². The normalized spacial score (nSPS) is 18.7. The predicted molar refractivity (Wildman–Crippen MR) is 89.1 cm³/mol. The number of nitrogens with zero attached hydrogens (tertiary/aromatic N) is 1. The summed E-state index contributed by atoms with van der Waals surface area (Å²) in [5.41, 5.74) is 0.996. The van der Waals surface area contributed by atoms with E-state index in [0.29, 0.717) is 5.13 Å². The van der Waals surface area contributed by atoms with Gasteiger partial charge in [0.05, 0.1) is 16.5 Å². The van der Waals surface area contributed by atoms with Gasteiger partial charge in [-0.05, 0) is 45.4 Å². The third kappa shape index (κ3) is 3.33. The van der Waals surface area contributed by atoms with Crippen LogP contribution in [0.5, 0.6) is 0 Å². The van der Waals surface area contributed by atoms with Crippen LogP contribution in [0, 0.1) is 19.8 Å². The summed E-state index contributed by atoms with van der Waals surface area (Å²) in [5, 5.41) is 6.97. The van der Waals surface area contributed by atoms with Crippen LogP contribution in [0.25, 0.3) is 10.6 Å². The molecule has 3 heterocycles. The maximum Gasteiger partial charge on any atom is 0.230 e. The number of nitrogens with one attached hydrogen (secondary N) is 2. The Hall–Kier alpha value is -1.24. The van der Waals surface area contributed by atoms with Gasteiger partial charge in [0.1, 0.15) is 0 Å². The number of carbonyl (C=O) groups excluding carboxylic acids is 1. The first kappa shape index (κ1) is 14.7. The van der Waals surface area contributed by atoms with Crippen LogP contribution in [-0.2, 0) is 4.79 Å². The van der Waals surface area contributed by atoms with E-state index < -0.39 is 0 Å². The molecule has 2 aromatic rings. The molecule has 1 unspecified atom stereocenters. The molecule has 0 saturated carbocycles. The lowest BCUT2D eigenvalue weighted by Gasteiger charge is -2.21. The van der Waals surface area contributed by atoms with E-state index in [1.54, 1.807) is 22.7 Å². The van der Waals surface area contributed by atoms with Gasteiger partial charge in [-0.3, -0.25) is 4.79 Å². The van der Waals surface area contributed by atoms with Crippen LogP contribution in [0.4, 0.5) is 5.13 Å². The molecule has 1 aliphatic heterocycles. The van der Waals surface area contributed by atoms with Gasteiger partial charge in [-0.2, -0.15) is 0 Å². The minimum absolute atomic E-state index is 0.0652. The first-order valence-electron chi connectivity index (χ1n) is 7.19. The third-order valence-electron chi connectivity index (χ3n) is 3.67. The van der Waals surface area contributed by atoms with E-state index in [9.17, 15) is 4.79 Å². The lowest BCUT2D eigenvalue weighted by molar-refractivity contribution is -0.120. The molecule has 0 spiro atoms. The highest BCUT2D eigenvalue weighted by Gasteiger charge is 2.22. The molecule has 1 aliphatic rings. The maximum absolute atomic E-state index is 12.2. The van der Waals surface area contributed by atoms with Crippen molar-refractivity contribution in [2.75, 3.05) is 18.4 Å². The number of rotatable bonds is 3. The standard InChI is InChI=1S/C15H19N3OS2/c1-9-5-6-12(20-9)13-10(2)21-15(17-13)18-14(19)11-4-3-7-16-8-11/h5-6,11,16H,3-4,7-8H2,1-2H3,(H,17,18,19). The number of thiophene rings is 1. The average Bonchev–Trinajstić information content (AvgIpc) is 3.06. The summed E-state index contributed by atoms with van der Waals surface area (Å²) < 4.78 is 0. The second kappa shape index (κ2) is 6.25. The zero-order chi connectivity index (χ0) is 14.8. The van der Waals surface area contributed by atoms with Gasteiger partial charge in [-0.1, -0.05) is 0 Å². The number of carbonyl (C=O) groups is 1. The van der Waals surface area contributed by atoms with Crippen molar-refractivity contribution in [1.29, 1.82) is 0 Å². The number of hydrogen-bond donors (Lipinski definition) is 2. The summed E-state index contributed by atoms with van der Waals surface area (Å²) in [6.07, 6.45) is 2.02. The van der Waals surface area contributed by atoms with E-state index >= 15 is 0 Å². The molecule has 1 saturated heterocycles. The summed E-state index contributed by atoms with van der Waals surface area (Å²) in [6, 6.07) is 4.20. The van der Waals surface area contributed by atoms with Gasteiger partial charge in [-0.25, -0.2) is 4.98 Å². The van der Waals surface area contributed by atoms with Crippen LogP contribution in [-0.4, -0.2) is 24.0 Å². The number of thiazole rings is 1. The van der Waals surface area contributed by atoms with Gasteiger partial charge >= 0.3 is 0 Å². The van der Waals surface area contributed by atoms with E-state index in [1.165, 1.54) is 9.75 Å². The van der Waals surface area contributed by atoms with Crippen molar-refractivity contribution in [2.24, 2.45) is 5.92 Å². The number of aryl methyl sites for hydroxylation is 2. The molecule has 0 aliphatic carbocycles. The zero-order valence-corrected chi connectivity index (χ0v) is 13.9. The van der Waals surface area contributed by atoms with Crippen molar-refractivity contribution >= 4 is 33.7 Å². The average molecular weight is 321 g/mol. The fraction of sp³-hybridized carbons (Fsp3) is 0.467. The van der Waals surface area contributed by atoms with E-state index in [0.717, 1.165) is 36.5 Å². The van der Waals surface area contributed by atoms with Crippen LogP contribution < -0.4 is 10.6 Å². The molecule has 112 valence electrons. The van der Waals surface area contributed by atoms with Crippen molar-refractivity contribution in [3.05, 3.63) is 21.9 Å². The molecule has 6 heteroatoms. The molecule has 0 aromatic carbocycles. The van der Waals surface area contributed by atoms with E-state index in [-0.39, 0.29) is 11.8 Å². The maximum atomic E-state index is 12.2. The van der Waals surface area contributed by atoms with Crippen molar-refractivity contribution in [1.82, 2.24) is 10.3 Å². The van der Waals surface area contributed by atoms with E-state index in [2.05, 4.69) is 41.6 Å². The van der Waals surface area contributed by atoms with Gasteiger partial charge in [-0.15, -0.1) is 22.7 Å². The molecule has 1 atom stereocenters. The largest absolute Gasteiger partial charge is 0.316 e. The van der Waals surface area contributed by atoms with Crippen LogP contribution in [0.1, 0.15) is 22.6 Å². The molecule has 0 radical (unpaired) electrons. The van der Waals surface area contributed by atoms with Crippen molar-refractivity contribution in [3.8, 4) is 10.6 Å². The molecule has 2 N–H and O–H groups in total. The molecule has 4 nitrogen and oxygen atoms in total. The highest BCUT2D eigenvalue weighted by Crippen LogP contribution is 2.34. The fourth-order valence-corrected chi connectivity index (χ4v) is 4.33. The lowest BCUT2D eigenvalue weighted by atomic mass is 9.99. The third-order valence-corrected chi connectivity index (χ3v) is 5.56. The smallest absolute Gasteiger partial charge is 0.230 e. The summed E-state index contributed by atoms with van der Waals surface area (Å²) in [5.74, 6) is 0.153. The first-order chi connectivity index (χ1) is 10.1. The summed E-state index contributed by atoms with van der Waals surface area (Å²) in [4.78, 5) is 20.4. The van der Waals surface area contributed by atoms with Crippen molar-refractivity contribution < 1.29 is 4.79 Å². The second-order valence-corrected chi connectivity index (χ2v) is 7.86. The number of amides is 1. The summed E-state index contributed by atoms with van der Waals surface area (Å²) >= 11 is 3.29. The van der Waals surface area contributed by atoms with Crippen molar-refractivity contribution in [3.63, 3.8) is 0 Å². The molecule has 1 fully saturated rings. The van der Waals surface area contributed by atoms with E-state index in [4.69, 9.17) is 0 Å². The summed E-state index contributed by atoms with van der Waals surface area (Å²) in [6.45, 7) is 5.93. The molecular formula is C15H19N3OS2. The Morgan fingerprint density at radius 2 is 2.24 bits per heavy atom. The van der Waals surface area contributed by atoms with E-state index in [1.807, 2.05) is 0 Å². The first-order valence-corrected chi connectivity index (χ1v) is 8.82. The number of piperidine rings is 1. The molecule has 0 bridgehead atoms. The predicted octanol–water partition coefficient (Wildman–Crippen LogP) is 3.43. The van der Waals surface area contributed by atoms with Gasteiger partial charge in [0, 0.05) is 16.3 Å². The topological polar surface area (TPSA) is 54.0 Å². The molecule has 3 rings (SSSR count). The molecule has 1 amide bonds. The van der Waals surface area contributed by atoms with Crippen LogP contribution >= 0.6 is 22.7 Å². The number of aromatic nitrogens is 1. The Morgan fingerprint density at radius 1 is 1.38 bits per heavy atom. The lowest BCUT2D eigenvalue weighted by Crippen LogP contribution is -2.37. The Balaban J connectivity index is 1.73. The SMILES string of the molecule is Cc1ccc(-c2nc(NC(=O)C3CCCNC3)sc2C)s1. The van der Waals surface area contributed by atoms with Gasteiger partial charge in [0.2, 0.25) is 5.91 Å². The molecule has 21 heavy (non-hydrogen) atoms. The van der Waals surface area contributed by atoms with Gasteiger partial charge < -0.3 is 10.6 Å². The zero-order valence-electron chi connectivity index (χ0n) is 12.2. The second-order valence-electron chi connectivity index (χ2n) is 5.37. The van der Waals surface area contributed by atoms with Crippen LogP contribution in [0.3, 0.4) is 0 Å². The van der Waals surface area contributed by atoms with Gasteiger partial charge in [0.25, 0.3) is 0 Å². The highest BCUT2D eigenvalue weighted by atomic mass is 32.1. The highest BCUT2D eigenvalue weighted by molar-refractivity contribution is 7.18. The fourth-order valence-electron chi connectivity index (χ4n) is 2.52.